The maximum atomic E-state index is 12.4. The topological polar surface area (TPSA) is 23.6 Å². The van der Waals surface area contributed by atoms with Crippen molar-refractivity contribution in [1.82, 2.24) is 4.90 Å². The van der Waals surface area contributed by atoms with Crippen molar-refractivity contribution in [2.75, 3.05) is 25.0 Å². The van der Waals surface area contributed by atoms with Crippen molar-refractivity contribution in [3.8, 4) is 0 Å². The highest BCUT2D eigenvalue weighted by Gasteiger charge is 2.25. The molecule has 0 saturated carbocycles. The van der Waals surface area contributed by atoms with Crippen molar-refractivity contribution < 1.29 is 4.79 Å². The summed E-state index contributed by atoms with van der Waals surface area (Å²) in [5.41, 5.74) is 1.10. The summed E-state index contributed by atoms with van der Waals surface area (Å²) in [6.07, 6.45) is 4.65. The monoisotopic (exact) mass is 260 g/mol. The van der Waals surface area contributed by atoms with E-state index in [4.69, 9.17) is 0 Å². The van der Waals surface area contributed by atoms with E-state index in [1.54, 1.807) is 0 Å². The van der Waals surface area contributed by atoms with E-state index in [9.17, 15) is 4.79 Å². The van der Waals surface area contributed by atoms with E-state index >= 15 is 0 Å². The number of likely N-dealkylation sites (tertiary alicyclic amines) is 1. The third-order valence-corrected chi connectivity index (χ3v) is 3.99. The molecule has 1 aromatic carbocycles. The molecule has 1 aromatic rings. The van der Waals surface area contributed by atoms with Gasteiger partial charge in [-0.15, -0.1) is 0 Å². The van der Waals surface area contributed by atoms with Crippen LogP contribution in [0.4, 0.5) is 5.69 Å². The number of hydrogen-bond acceptors (Lipinski definition) is 2. The SMILES string of the molecule is CCC1CCCCN1C(=O)CN(C)c1ccccc1. The normalized spacial score (nSPS) is 19.3. The van der Waals surface area contributed by atoms with Crippen LogP contribution in [0.3, 0.4) is 0 Å². The first-order chi connectivity index (χ1) is 9.22. The second kappa shape index (κ2) is 6.60. The van der Waals surface area contributed by atoms with Crippen molar-refractivity contribution in [3.05, 3.63) is 30.3 Å². The van der Waals surface area contributed by atoms with Gasteiger partial charge in [-0.2, -0.15) is 0 Å². The lowest BCUT2D eigenvalue weighted by Gasteiger charge is -2.36. The molecule has 0 radical (unpaired) electrons. The van der Waals surface area contributed by atoms with Crippen LogP contribution in [0.2, 0.25) is 0 Å². The Labute approximate surface area is 116 Å². The number of likely N-dealkylation sites (N-methyl/N-ethyl adjacent to an activating group) is 1. The zero-order chi connectivity index (χ0) is 13.7. The molecule has 1 aliphatic rings. The second-order valence-corrected chi connectivity index (χ2v) is 5.34. The fourth-order valence-corrected chi connectivity index (χ4v) is 2.82. The van der Waals surface area contributed by atoms with Gasteiger partial charge in [0, 0.05) is 25.3 Å². The average molecular weight is 260 g/mol. The Kier molecular flexibility index (Phi) is 4.83. The Morgan fingerprint density at radius 2 is 2.05 bits per heavy atom. The first kappa shape index (κ1) is 13.9. The summed E-state index contributed by atoms with van der Waals surface area (Å²) in [4.78, 5) is 16.6. The number of carbonyl (C=O) groups is 1. The van der Waals surface area contributed by atoms with Gasteiger partial charge < -0.3 is 9.80 Å². The molecular formula is C16H24N2O. The molecule has 0 aromatic heterocycles. The largest absolute Gasteiger partial charge is 0.365 e. The summed E-state index contributed by atoms with van der Waals surface area (Å²) >= 11 is 0. The number of piperidine rings is 1. The highest BCUT2D eigenvalue weighted by molar-refractivity contribution is 5.81. The van der Waals surface area contributed by atoms with E-state index in [0.717, 1.165) is 31.5 Å². The van der Waals surface area contributed by atoms with Gasteiger partial charge in [0.25, 0.3) is 0 Å². The zero-order valence-electron chi connectivity index (χ0n) is 12.0. The first-order valence-corrected chi connectivity index (χ1v) is 7.28. The molecule has 1 heterocycles. The fraction of sp³-hybridized carbons (Fsp3) is 0.562. The summed E-state index contributed by atoms with van der Waals surface area (Å²) in [5.74, 6) is 0.262. The van der Waals surface area contributed by atoms with E-state index in [1.165, 1.54) is 6.42 Å². The molecule has 0 N–H and O–H groups in total. The number of hydrogen-bond donors (Lipinski definition) is 0. The molecule has 1 unspecified atom stereocenters. The average Bonchev–Trinajstić information content (AvgIpc) is 2.48. The van der Waals surface area contributed by atoms with Crippen LogP contribution >= 0.6 is 0 Å². The van der Waals surface area contributed by atoms with Gasteiger partial charge in [-0.25, -0.2) is 0 Å². The minimum atomic E-state index is 0.262. The maximum Gasteiger partial charge on any atom is 0.242 e. The summed E-state index contributed by atoms with van der Waals surface area (Å²) in [6.45, 7) is 3.58. The predicted octanol–water partition coefficient (Wildman–Crippen LogP) is 2.91. The maximum absolute atomic E-state index is 12.4. The van der Waals surface area contributed by atoms with Crippen molar-refractivity contribution in [2.24, 2.45) is 0 Å². The van der Waals surface area contributed by atoms with Gasteiger partial charge >= 0.3 is 0 Å². The minimum absolute atomic E-state index is 0.262. The molecule has 1 aliphatic heterocycles. The van der Waals surface area contributed by atoms with Gasteiger partial charge in [-0.3, -0.25) is 4.79 Å². The molecule has 1 atom stereocenters. The molecule has 0 bridgehead atoms. The van der Waals surface area contributed by atoms with Gasteiger partial charge in [0.1, 0.15) is 0 Å². The number of benzene rings is 1. The molecule has 19 heavy (non-hydrogen) atoms. The summed E-state index contributed by atoms with van der Waals surface area (Å²) in [7, 11) is 1.98. The molecule has 3 nitrogen and oxygen atoms in total. The van der Waals surface area contributed by atoms with Crippen LogP contribution in [0.5, 0.6) is 0 Å². The molecule has 104 valence electrons. The lowest BCUT2D eigenvalue weighted by molar-refractivity contribution is -0.133. The summed E-state index contributed by atoms with van der Waals surface area (Å²) in [5, 5.41) is 0. The van der Waals surface area contributed by atoms with Gasteiger partial charge in [-0.1, -0.05) is 25.1 Å². The number of amides is 1. The predicted molar refractivity (Wildman–Crippen MR) is 79.4 cm³/mol. The van der Waals surface area contributed by atoms with Crippen molar-refractivity contribution in [2.45, 2.75) is 38.6 Å². The minimum Gasteiger partial charge on any atom is -0.365 e. The second-order valence-electron chi connectivity index (χ2n) is 5.34. The van der Waals surface area contributed by atoms with Gasteiger partial charge in [-0.05, 0) is 37.8 Å². The van der Waals surface area contributed by atoms with Crippen molar-refractivity contribution >= 4 is 11.6 Å². The van der Waals surface area contributed by atoms with E-state index in [2.05, 4.69) is 11.8 Å². The molecule has 3 heteroatoms. The van der Waals surface area contributed by atoms with E-state index < -0.39 is 0 Å². The van der Waals surface area contributed by atoms with Crippen LogP contribution in [0.25, 0.3) is 0 Å². The van der Waals surface area contributed by atoms with E-state index in [-0.39, 0.29) is 5.91 Å². The number of carbonyl (C=O) groups excluding carboxylic acids is 1. The Morgan fingerprint density at radius 1 is 1.32 bits per heavy atom. The Hall–Kier alpha value is -1.51. The zero-order valence-corrected chi connectivity index (χ0v) is 12.0. The van der Waals surface area contributed by atoms with Crippen LogP contribution in [0, 0.1) is 0 Å². The highest BCUT2D eigenvalue weighted by atomic mass is 16.2. The Bertz CT molecular complexity index is 404. The smallest absolute Gasteiger partial charge is 0.242 e. The van der Waals surface area contributed by atoms with Gasteiger partial charge in [0.15, 0.2) is 0 Å². The van der Waals surface area contributed by atoms with Crippen LogP contribution < -0.4 is 4.90 Å². The number of para-hydroxylation sites is 1. The van der Waals surface area contributed by atoms with Crippen LogP contribution in [-0.4, -0.2) is 37.0 Å². The number of anilines is 1. The van der Waals surface area contributed by atoms with Gasteiger partial charge in [0.2, 0.25) is 5.91 Å². The van der Waals surface area contributed by atoms with Crippen molar-refractivity contribution in [1.29, 1.82) is 0 Å². The lowest BCUT2D eigenvalue weighted by Crippen LogP contribution is -2.47. The van der Waals surface area contributed by atoms with Crippen LogP contribution in [-0.2, 0) is 4.79 Å². The van der Waals surface area contributed by atoms with Crippen LogP contribution in [0.15, 0.2) is 30.3 Å². The number of nitrogens with zero attached hydrogens (tertiary/aromatic N) is 2. The third-order valence-electron chi connectivity index (χ3n) is 3.99. The standard InChI is InChI=1S/C16H24N2O/c1-3-14-9-7-8-12-18(14)16(19)13-17(2)15-10-5-4-6-11-15/h4-6,10-11,14H,3,7-9,12-13H2,1-2H3. The lowest BCUT2D eigenvalue weighted by atomic mass is 10.00. The summed E-state index contributed by atoms with van der Waals surface area (Å²) < 4.78 is 0. The fourth-order valence-electron chi connectivity index (χ4n) is 2.82. The summed E-state index contributed by atoms with van der Waals surface area (Å²) in [6, 6.07) is 10.5. The van der Waals surface area contributed by atoms with E-state index in [0.29, 0.717) is 12.6 Å². The quantitative estimate of drug-likeness (QED) is 0.831. The third kappa shape index (κ3) is 3.49. The molecule has 2 rings (SSSR count). The van der Waals surface area contributed by atoms with Crippen LogP contribution in [0.1, 0.15) is 32.6 Å². The molecule has 1 saturated heterocycles. The molecule has 0 aliphatic carbocycles. The number of rotatable bonds is 4. The van der Waals surface area contributed by atoms with Gasteiger partial charge in [0.05, 0.1) is 6.54 Å². The molecular weight excluding hydrogens is 236 g/mol. The Balaban J connectivity index is 1.96. The molecule has 0 spiro atoms. The molecule has 1 fully saturated rings. The van der Waals surface area contributed by atoms with Crippen molar-refractivity contribution in [3.63, 3.8) is 0 Å². The molecule has 1 amide bonds. The Morgan fingerprint density at radius 3 is 2.74 bits per heavy atom. The van der Waals surface area contributed by atoms with E-state index in [1.807, 2.05) is 42.3 Å². The highest BCUT2D eigenvalue weighted by Crippen LogP contribution is 2.20. The first-order valence-electron chi connectivity index (χ1n) is 7.28.